The Morgan fingerprint density at radius 1 is 1.10 bits per heavy atom. The number of rotatable bonds is 8. The molecule has 0 radical (unpaired) electrons. The fourth-order valence-electron chi connectivity index (χ4n) is 3.26. The highest BCUT2D eigenvalue weighted by molar-refractivity contribution is 6.51. The van der Waals surface area contributed by atoms with Crippen LogP contribution in [0.4, 0.5) is 5.69 Å². The van der Waals surface area contributed by atoms with E-state index in [0.717, 1.165) is 41.7 Å². The molecule has 4 heteroatoms. The van der Waals surface area contributed by atoms with E-state index in [1.165, 1.54) is 0 Å². The van der Waals surface area contributed by atoms with Crippen LogP contribution in [-0.4, -0.2) is 31.0 Å². The summed E-state index contributed by atoms with van der Waals surface area (Å²) in [5.41, 5.74) is 3.35. The van der Waals surface area contributed by atoms with Gasteiger partial charge in [0.2, 0.25) is 5.78 Å². The molecule has 0 amide bonds. The van der Waals surface area contributed by atoms with E-state index in [1.54, 1.807) is 18.2 Å². The summed E-state index contributed by atoms with van der Waals surface area (Å²) in [5.74, 6) is -0.0737. The number of anilines is 1. The summed E-state index contributed by atoms with van der Waals surface area (Å²) in [6, 6.07) is 15.0. The highest BCUT2D eigenvalue weighted by atomic mass is 16.3. The van der Waals surface area contributed by atoms with Crippen LogP contribution in [0.15, 0.2) is 79.2 Å². The Morgan fingerprint density at radius 2 is 1.76 bits per heavy atom. The lowest BCUT2D eigenvalue weighted by Gasteiger charge is -2.23. The summed E-state index contributed by atoms with van der Waals surface area (Å²) in [7, 11) is 2.03. The van der Waals surface area contributed by atoms with E-state index in [2.05, 4.69) is 30.0 Å². The van der Waals surface area contributed by atoms with Gasteiger partial charge in [-0.1, -0.05) is 56.1 Å². The first-order valence-electron chi connectivity index (χ1n) is 9.57. The molecule has 2 N–H and O–H groups in total. The Kier molecular flexibility index (Phi) is 6.03. The second kappa shape index (κ2) is 8.65. The Morgan fingerprint density at radius 3 is 2.34 bits per heavy atom. The number of nitrogens with one attached hydrogen (secondary N) is 1. The molecule has 2 aromatic carbocycles. The van der Waals surface area contributed by atoms with Gasteiger partial charge in [-0.2, -0.15) is 0 Å². The van der Waals surface area contributed by atoms with Crippen molar-refractivity contribution in [2.75, 3.05) is 25.0 Å². The minimum absolute atomic E-state index is 0.0569. The third-order valence-electron chi connectivity index (χ3n) is 5.04. The molecule has 4 nitrogen and oxygen atoms in total. The molecule has 0 saturated carbocycles. The molecule has 0 atom stereocenters. The van der Waals surface area contributed by atoms with Crippen LogP contribution in [0.1, 0.15) is 12.0 Å². The molecule has 0 spiro atoms. The summed E-state index contributed by atoms with van der Waals surface area (Å²) >= 11 is 0. The minimum atomic E-state index is -0.131. The standard InChI is InChI=1S/C25H26N2O2/c1-5-18(3)26-15-6-16-27(4)21-13-11-20(12-14-21)23-24(28)22(25(23)29)19-9-7-17(2)8-10-19/h5,7-14,26,28H,1-3,6,15-16H2,4H3. The molecule has 0 bridgehead atoms. The van der Waals surface area contributed by atoms with E-state index in [-0.39, 0.29) is 11.5 Å². The Hall–Kier alpha value is -3.53. The Labute approximate surface area is 171 Å². The van der Waals surface area contributed by atoms with Gasteiger partial charge >= 0.3 is 0 Å². The third kappa shape index (κ3) is 4.32. The lowest BCUT2D eigenvalue weighted by molar-refractivity contribution is -0.109. The maximum absolute atomic E-state index is 12.6. The first-order chi connectivity index (χ1) is 13.9. The minimum Gasteiger partial charge on any atom is -0.506 e. The fourth-order valence-corrected chi connectivity index (χ4v) is 3.26. The number of carbonyl (C=O) groups is 1. The van der Waals surface area contributed by atoms with Crippen LogP contribution in [0.5, 0.6) is 0 Å². The number of ketones is 1. The number of hydrogen-bond acceptors (Lipinski definition) is 4. The van der Waals surface area contributed by atoms with Crippen molar-refractivity contribution in [2.45, 2.75) is 6.42 Å². The molecular formula is C25H26N2O2. The lowest BCUT2D eigenvalue weighted by Crippen LogP contribution is -2.27. The second-order valence-electron chi connectivity index (χ2n) is 7.10. The zero-order chi connectivity index (χ0) is 21.0. The van der Waals surface area contributed by atoms with Gasteiger partial charge in [0.1, 0.15) is 5.76 Å². The molecule has 0 fully saturated rings. The molecule has 0 saturated heterocycles. The first-order valence-corrected chi connectivity index (χ1v) is 9.57. The van der Waals surface area contributed by atoms with Crippen LogP contribution in [0.25, 0.3) is 17.7 Å². The van der Waals surface area contributed by atoms with Crippen molar-refractivity contribution in [1.29, 1.82) is 0 Å². The van der Waals surface area contributed by atoms with Crippen LogP contribution in [0.2, 0.25) is 0 Å². The van der Waals surface area contributed by atoms with E-state index in [9.17, 15) is 9.90 Å². The van der Waals surface area contributed by atoms with Crippen molar-refractivity contribution < 1.29 is 9.90 Å². The van der Waals surface area contributed by atoms with Gasteiger partial charge in [0, 0.05) is 31.5 Å². The second-order valence-corrected chi connectivity index (χ2v) is 7.10. The van der Waals surface area contributed by atoms with Gasteiger partial charge in [0.05, 0.1) is 11.1 Å². The van der Waals surface area contributed by atoms with Gasteiger partial charge in [0.15, 0.2) is 0 Å². The van der Waals surface area contributed by atoms with Crippen molar-refractivity contribution in [3.8, 4) is 0 Å². The predicted molar refractivity (Wildman–Crippen MR) is 121 cm³/mol. The van der Waals surface area contributed by atoms with Crippen molar-refractivity contribution >= 4 is 29.2 Å². The number of Topliss-reactive ketones (excluding diaryl/α,β-unsaturated/α-hetero) is 1. The molecule has 1 aliphatic rings. The Balaban J connectivity index is 1.70. The van der Waals surface area contributed by atoms with E-state index in [0.29, 0.717) is 16.4 Å². The van der Waals surface area contributed by atoms with Gasteiger partial charge in [0.25, 0.3) is 0 Å². The molecule has 0 heterocycles. The topological polar surface area (TPSA) is 52.6 Å². The van der Waals surface area contributed by atoms with E-state index < -0.39 is 0 Å². The van der Waals surface area contributed by atoms with Gasteiger partial charge in [-0.3, -0.25) is 4.79 Å². The number of benzene rings is 2. The quantitative estimate of drug-likeness (QED) is 0.541. The highest BCUT2D eigenvalue weighted by Gasteiger charge is 2.34. The Bertz CT molecular complexity index is 1070. The maximum atomic E-state index is 12.6. The van der Waals surface area contributed by atoms with Crippen LogP contribution in [-0.2, 0) is 4.79 Å². The van der Waals surface area contributed by atoms with Crippen molar-refractivity contribution in [3.63, 3.8) is 0 Å². The van der Waals surface area contributed by atoms with Crippen molar-refractivity contribution in [1.82, 2.24) is 5.32 Å². The van der Waals surface area contributed by atoms with E-state index >= 15 is 0 Å². The number of aliphatic hydroxyl groups is 1. The number of allylic oxidation sites excluding steroid dienone is 3. The predicted octanol–water partition coefficient (Wildman–Crippen LogP) is 2.92. The molecule has 29 heavy (non-hydrogen) atoms. The average molecular weight is 386 g/mol. The largest absolute Gasteiger partial charge is 0.506 e. The highest BCUT2D eigenvalue weighted by Crippen LogP contribution is 2.36. The summed E-state index contributed by atoms with van der Waals surface area (Å²) in [6.07, 6.45) is 2.66. The fraction of sp³-hybridized carbons (Fsp3) is 0.160. The summed E-state index contributed by atoms with van der Waals surface area (Å²) in [4.78, 5) is 14.8. The van der Waals surface area contributed by atoms with E-state index in [1.807, 2.05) is 43.4 Å². The molecule has 0 unspecified atom stereocenters. The SMILES string of the molecule is C=CC(=C)NCCCN(C)c1ccc(C2=C(O)C(=c3ccc(=C)cc3)C2=O)cc1. The maximum Gasteiger partial charge on any atom is 0.201 e. The van der Waals surface area contributed by atoms with Gasteiger partial charge in [-0.15, -0.1) is 0 Å². The van der Waals surface area contributed by atoms with E-state index in [4.69, 9.17) is 0 Å². The van der Waals surface area contributed by atoms with Gasteiger partial charge < -0.3 is 15.3 Å². The molecular weight excluding hydrogens is 360 g/mol. The molecule has 1 aliphatic carbocycles. The van der Waals surface area contributed by atoms with Crippen LogP contribution >= 0.6 is 0 Å². The third-order valence-corrected chi connectivity index (χ3v) is 5.04. The zero-order valence-corrected chi connectivity index (χ0v) is 16.7. The number of hydrogen-bond donors (Lipinski definition) is 2. The first kappa shape index (κ1) is 20.2. The van der Waals surface area contributed by atoms with Gasteiger partial charge in [-0.25, -0.2) is 0 Å². The van der Waals surface area contributed by atoms with Crippen LogP contribution in [0, 0.1) is 0 Å². The monoisotopic (exact) mass is 386 g/mol. The van der Waals surface area contributed by atoms with Crippen LogP contribution < -0.4 is 20.7 Å². The molecule has 148 valence electrons. The molecule has 3 rings (SSSR count). The molecule has 0 aliphatic heterocycles. The number of aliphatic hydroxyl groups excluding tert-OH is 1. The molecule has 0 aromatic heterocycles. The summed E-state index contributed by atoms with van der Waals surface area (Å²) < 4.78 is 0. The zero-order valence-electron chi connectivity index (χ0n) is 16.7. The molecule has 2 aromatic rings. The van der Waals surface area contributed by atoms with Crippen molar-refractivity contribution in [3.05, 3.63) is 95.2 Å². The normalized spacial score (nSPS) is 13.1. The average Bonchev–Trinajstić information content (AvgIpc) is 2.73. The summed E-state index contributed by atoms with van der Waals surface area (Å²) in [5, 5.41) is 15.3. The van der Waals surface area contributed by atoms with Gasteiger partial charge in [-0.05, 0) is 40.6 Å². The number of carbonyl (C=O) groups excluding carboxylic acids is 1. The lowest BCUT2D eigenvalue weighted by atomic mass is 9.82. The summed E-state index contributed by atoms with van der Waals surface area (Å²) in [6.45, 7) is 13.0. The van der Waals surface area contributed by atoms with Crippen molar-refractivity contribution in [2.24, 2.45) is 0 Å². The smallest absolute Gasteiger partial charge is 0.201 e. The number of nitrogens with zero attached hydrogens (tertiary/aromatic N) is 1. The van der Waals surface area contributed by atoms with Crippen LogP contribution in [0.3, 0.4) is 0 Å².